The molecule has 2 unspecified atom stereocenters. The summed E-state index contributed by atoms with van der Waals surface area (Å²) in [4.78, 5) is 12.2. The van der Waals surface area contributed by atoms with Gasteiger partial charge in [0, 0.05) is 11.6 Å². The van der Waals surface area contributed by atoms with Gasteiger partial charge in [0.2, 0.25) is 5.91 Å². The van der Waals surface area contributed by atoms with E-state index in [2.05, 4.69) is 5.32 Å². The molecule has 0 spiro atoms. The van der Waals surface area contributed by atoms with Crippen LogP contribution in [-0.2, 0) is 4.79 Å². The van der Waals surface area contributed by atoms with Crippen molar-refractivity contribution in [3.05, 3.63) is 59.9 Å². The van der Waals surface area contributed by atoms with Crippen molar-refractivity contribution in [3.8, 4) is 5.75 Å². The predicted octanol–water partition coefficient (Wildman–Crippen LogP) is 2.94. The number of hydrogen-bond acceptors (Lipinski definition) is 3. The van der Waals surface area contributed by atoms with Crippen LogP contribution in [0.1, 0.15) is 17.9 Å². The van der Waals surface area contributed by atoms with Gasteiger partial charge >= 0.3 is 0 Å². The van der Waals surface area contributed by atoms with E-state index in [1.165, 1.54) is 12.1 Å². The van der Waals surface area contributed by atoms with Crippen molar-refractivity contribution in [1.82, 2.24) is 0 Å². The zero-order valence-electron chi connectivity index (χ0n) is 12.5. The van der Waals surface area contributed by atoms with Crippen molar-refractivity contribution in [2.45, 2.75) is 12.3 Å². The summed E-state index contributed by atoms with van der Waals surface area (Å²) in [6.07, 6.45) is 0.787. The van der Waals surface area contributed by atoms with Crippen LogP contribution in [0.25, 0.3) is 0 Å². The first-order valence-electron chi connectivity index (χ1n) is 7.57. The van der Waals surface area contributed by atoms with Crippen LogP contribution in [0, 0.1) is 11.7 Å². The standard InChI is InChI=1S/C18H18FNO3/c19-13-3-1-12(2-4-13)16-11-17(16)18(22)20-14-5-7-15(8-6-14)23-10-9-21/h1-8,16-17,21H,9-11H2,(H,20,22). The van der Waals surface area contributed by atoms with Gasteiger partial charge in [0.25, 0.3) is 0 Å². The number of carbonyl (C=O) groups excluding carboxylic acids is 1. The molecule has 2 atom stereocenters. The van der Waals surface area contributed by atoms with Gasteiger partial charge in [0.15, 0.2) is 0 Å². The fourth-order valence-electron chi connectivity index (χ4n) is 2.60. The SMILES string of the molecule is O=C(Nc1ccc(OCCO)cc1)C1CC1c1ccc(F)cc1. The van der Waals surface area contributed by atoms with Crippen LogP contribution in [-0.4, -0.2) is 24.2 Å². The van der Waals surface area contributed by atoms with Crippen molar-refractivity contribution in [2.24, 2.45) is 5.92 Å². The van der Waals surface area contributed by atoms with E-state index in [9.17, 15) is 9.18 Å². The van der Waals surface area contributed by atoms with Gasteiger partial charge in [0.05, 0.1) is 6.61 Å². The van der Waals surface area contributed by atoms with Gasteiger partial charge in [-0.2, -0.15) is 0 Å². The number of ether oxygens (including phenoxy) is 1. The first kappa shape index (κ1) is 15.5. The summed E-state index contributed by atoms with van der Waals surface area (Å²) < 4.78 is 18.2. The lowest BCUT2D eigenvalue weighted by Gasteiger charge is -2.07. The number of nitrogens with one attached hydrogen (secondary N) is 1. The van der Waals surface area contributed by atoms with Crippen LogP contribution >= 0.6 is 0 Å². The highest BCUT2D eigenvalue weighted by Crippen LogP contribution is 2.48. The molecule has 0 heterocycles. The molecule has 0 bridgehead atoms. The van der Waals surface area contributed by atoms with Crippen molar-refractivity contribution < 1.29 is 19.0 Å². The molecule has 2 aromatic carbocycles. The van der Waals surface area contributed by atoms with E-state index in [4.69, 9.17) is 9.84 Å². The number of rotatable bonds is 6. The Morgan fingerprint density at radius 1 is 1.17 bits per heavy atom. The smallest absolute Gasteiger partial charge is 0.228 e. The Hall–Kier alpha value is -2.40. The van der Waals surface area contributed by atoms with Gasteiger partial charge in [-0.1, -0.05) is 12.1 Å². The molecular formula is C18H18FNO3. The molecule has 0 saturated heterocycles. The summed E-state index contributed by atoms with van der Waals surface area (Å²) in [6.45, 7) is 0.206. The van der Waals surface area contributed by atoms with Crippen molar-refractivity contribution >= 4 is 11.6 Å². The average molecular weight is 315 g/mol. The van der Waals surface area contributed by atoms with Gasteiger partial charge in [-0.15, -0.1) is 0 Å². The third-order valence-electron chi connectivity index (χ3n) is 3.91. The molecule has 1 aliphatic rings. The van der Waals surface area contributed by atoms with Crippen molar-refractivity contribution in [2.75, 3.05) is 18.5 Å². The monoisotopic (exact) mass is 315 g/mol. The van der Waals surface area contributed by atoms with Gasteiger partial charge in [-0.3, -0.25) is 4.79 Å². The third kappa shape index (κ3) is 3.87. The maximum atomic E-state index is 12.9. The lowest BCUT2D eigenvalue weighted by atomic mass is 10.1. The number of hydrogen-bond donors (Lipinski definition) is 2. The molecule has 3 rings (SSSR count). The summed E-state index contributed by atoms with van der Waals surface area (Å²) in [5.41, 5.74) is 1.70. The van der Waals surface area contributed by atoms with Crippen LogP contribution in [0.15, 0.2) is 48.5 Å². The van der Waals surface area contributed by atoms with E-state index in [0.29, 0.717) is 11.4 Å². The van der Waals surface area contributed by atoms with E-state index < -0.39 is 0 Å². The van der Waals surface area contributed by atoms with E-state index in [0.717, 1.165) is 12.0 Å². The minimum absolute atomic E-state index is 0.0247. The molecule has 0 aliphatic heterocycles. The number of aliphatic hydroxyl groups excluding tert-OH is 1. The summed E-state index contributed by atoms with van der Waals surface area (Å²) in [7, 11) is 0. The van der Waals surface area contributed by atoms with Gasteiger partial charge in [-0.25, -0.2) is 4.39 Å². The summed E-state index contributed by atoms with van der Waals surface area (Å²) >= 11 is 0. The number of amides is 1. The Morgan fingerprint density at radius 2 is 1.87 bits per heavy atom. The molecular weight excluding hydrogens is 297 g/mol. The van der Waals surface area contributed by atoms with Crippen molar-refractivity contribution in [3.63, 3.8) is 0 Å². The fraction of sp³-hybridized carbons (Fsp3) is 0.278. The van der Waals surface area contributed by atoms with Crippen LogP contribution in [0.4, 0.5) is 10.1 Å². The van der Waals surface area contributed by atoms with E-state index >= 15 is 0 Å². The molecule has 1 saturated carbocycles. The maximum absolute atomic E-state index is 12.9. The fourth-order valence-corrected chi connectivity index (χ4v) is 2.60. The molecule has 23 heavy (non-hydrogen) atoms. The number of carbonyl (C=O) groups is 1. The Morgan fingerprint density at radius 3 is 2.52 bits per heavy atom. The first-order chi connectivity index (χ1) is 11.2. The molecule has 1 aliphatic carbocycles. The molecule has 0 radical (unpaired) electrons. The summed E-state index contributed by atoms with van der Waals surface area (Å²) in [5, 5.41) is 11.6. The van der Waals surface area contributed by atoms with Crippen LogP contribution in [0.3, 0.4) is 0 Å². The minimum Gasteiger partial charge on any atom is -0.491 e. The minimum atomic E-state index is -0.265. The molecule has 0 aromatic heterocycles. The lowest BCUT2D eigenvalue weighted by molar-refractivity contribution is -0.117. The second kappa shape index (κ2) is 6.79. The number of halogens is 1. The van der Waals surface area contributed by atoms with Gasteiger partial charge < -0.3 is 15.2 Å². The van der Waals surface area contributed by atoms with Crippen LogP contribution in [0.2, 0.25) is 0 Å². The van der Waals surface area contributed by atoms with Gasteiger partial charge in [0.1, 0.15) is 18.2 Å². The lowest BCUT2D eigenvalue weighted by Crippen LogP contribution is -2.14. The molecule has 120 valence electrons. The Balaban J connectivity index is 1.55. The quantitative estimate of drug-likeness (QED) is 0.861. The van der Waals surface area contributed by atoms with Crippen molar-refractivity contribution in [1.29, 1.82) is 0 Å². The Bertz CT molecular complexity index is 670. The van der Waals surface area contributed by atoms with E-state index in [-0.39, 0.29) is 36.8 Å². The normalized spacial score (nSPS) is 19.2. The highest BCUT2D eigenvalue weighted by molar-refractivity contribution is 5.95. The topological polar surface area (TPSA) is 58.6 Å². The zero-order valence-corrected chi connectivity index (χ0v) is 12.5. The molecule has 1 fully saturated rings. The average Bonchev–Trinajstić information content (AvgIpc) is 3.36. The molecule has 4 nitrogen and oxygen atoms in total. The van der Waals surface area contributed by atoms with Gasteiger partial charge in [-0.05, 0) is 54.3 Å². The maximum Gasteiger partial charge on any atom is 0.228 e. The highest BCUT2D eigenvalue weighted by Gasteiger charge is 2.43. The number of benzene rings is 2. The zero-order chi connectivity index (χ0) is 16.2. The third-order valence-corrected chi connectivity index (χ3v) is 3.91. The molecule has 2 N–H and O–H groups in total. The molecule has 1 amide bonds. The molecule has 5 heteroatoms. The van der Waals surface area contributed by atoms with E-state index in [1.807, 2.05) is 0 Å². The van der Waals surface area contributed by atoms with Crippen LogP contribution in [0.5, 0.6) is 5.75 Å². The number of aliphatic hydroxyl groups is 1. The first-order valence-corrected chi connectivity index (χ1v) is 7.57. The number of anilines is 1. The second-order valence-electron chi connectivity index (χ2n) is 5.59. The molecule has 2 aromatic rings. The highest BCUT2D eigenvalue weighted by atomic mass is 19.1. The Kier molecular flexibility index (Phi) is 4.57. The predicted molar refractivity (Wildman–Crippen MR) is 84.9 cm³/mol. The van der Waals surface area contributed by atoms with E-state index in [1.54, 1.807) is 36.4 Å². The second-order valence-corrected chi connectivity index (χ2v) is 5.59. The Labute approximate surface area is 133 Å². The summed E-state index contributed by atoms with van der Waals surface area (Å²) in [5.74, 6) is 0.462. The van der Waals surface area contributed by atoms with Crippen LogP contribution < -0.4 is 10.1 Å². The largest absolute Gasteiger partial charge is 0.491 e. The summed E-state index contributed by atoms with van der Waals surface area (Å²) in [6, 6.07) is 13.3.